The Hall–Kier alpha value is -0.880. The van der Waals surface area contributed by atoms with E-state index in [1.807, 2.05) is 18.4 Å². The van der Waals surface area contributed by atoms with Gasteiger partial charge < -0.3 is 0 Å². The van der Waals surface area contributed by atoms with E-state index in [0.717, 1.165) is 10.7 Å². The van der Waals surface area contributed by atoms with E-state index in [2.05, 4.69) is 4.98 Å². The Kier molecular flexibility index (Phi) is 1.81. The first-order chi connectivity index (χ1) is 4.33. The third-order valence-corrected chi connectivity index (χ3v) is 1.75. The summed E-state index contributed by atoms with van der Waals surface area (Å²) in [5.41, 5.74) is 0.889. The Morgan fingerprint density at radius 2 is 2.67 bits per heavy atom. The first kappa shape index (κ1) is 6.24. The maximum atomic E-state index is 8.24. The van der Waals surface area contributed by atoms with Gasteiger partial charge in [-0.15, -0.1) is 11.3 Å². The van der Waals surface area contributed by atoms with Crippen molar-refractivity contribution in [2.75, 3.05) is 0 Å². The standard InChI is InChI=1S/C6H6N2S/c1-5-8-6(2-3-7)4-9-5/h4H,2H2,1H3. The lowest BCUT2D eigenvalue weighted by Crippen LogP contribution is -1.79. The molecule has 0 radical (unpaired) electrons. The molecule has 0 aliphatic carbocycles. The van der Waals surface area contributed by atoms with Crippen LogP contribution in [0, 0.1) is 18.3 Å². The highest BCUT2D eigenvalue weighted by Crippen LogP contribution is 2.07. The molecule has 0 N–H and O–H groups in total. The summed E-state index contributed by atoms with van der Waals surface area (Å²) in [4.78, 5) is 4.10. The summed E-state index contributed by atoms with van der Waals surface area (Å²) in [5, 5.41) is 11.2. The minimum absolute atomic E-state index is 0.435. The minimum atomic E-state index is 0.435. The first-order valence-electron chi connectivity index (χ1n) is 2.61. The van der Waals surface area contributed by atoms with Crippen LogP contribution in [0.3, 0.4) is 0 Å². The molecule has 1 aromatic rings. The molecule has 0 aliphatic heterocycles. The van der Waals surface area contributed by atoms with Gasteiger partial charge in [-0.1, -0.05) is 0 Å². The van der Waals surface area contributed by atoms with E-state index in [0.29, 0.717) is 6.42 Å². The van der Waals surface area contributed by atoms with Crippen LogP contribution >= 0.6 is 11.3 Å². The molecule has 9 heavy (non-hydrogen) atoms. The maximum Gasteiger partial charge on any atom is 0.0897 e. The molecule has 1 rings (SSSR count). The van der Waals surface area contributed by atoms with Crippen molar-refractivity contribution in [1.82, 2.24) is 4.98 Å². The zero-order chi connectivity index (χ0) is 6.69. The average molecular weight is 138 g/mol. The normalized spacial score (nSPS) is 8.89. The number of hydrogen-bond acceptors (Lipinski definition) is 3. The van der Waals surface area contributed by atoms with Crippen LogP contribution in [0.1, 0.15) is 10.7 Å². The van der Waals surface area contributed by atoms with Crippen LogP contribution < -0.4 is 0 Å². The van der Waals surface area contributed by atoms with Gasteiger partial charge in [0.2, 0.25) is 0 Å². The van der Waals surface area contributed by atoms with Crippen LogP contribution in [0.4, 0.5) is 0 Å². The van der Waals surface area contributed by atoms with Crippen molar-refractivity contribution in [3.63, 3.8) is 0 Å². The van der Waals surface area contributed by atoms with Gasteiger partial charge in [-0.05, 0) is 6.92 Å². The fraction of sp³-hybridized carbons (Fsp3) is 0.333. The predicted octanol–water partition coefficient (Wildman–Crippen LogP) is 1.52. The minimum Gasteiger partial charge on any atom is -0.246 e. The maximum absolute atomic E-state index is 8.24. The highest BCUT2D eigenvalue weighted by Gasteiger charge is 1.94. The molecule has 1 heterocycles. The largest absolute Gasteiger partial charge is 0.246 e. The van der Waals surface area contributed by atoms with Gasteiger partial charge in [0, 0.05) is 5.38 Å². The van der Waals surface area contributed by atoms with Gasteiger partial charge in [0.15, 0.2) is 0 Å². The smallest absolute Gasteiger partial charge is 0.0897 e. The summed E-state index contributed by atoms with van der Waals surface area (Å²) in [7, 11) is 0. The van der Waals surface area contributed by atoms with Crippen LogP contribution in [-0.4, -0.2) is 4.98 Å². The molecule has 0 aromatic carbocycles. The summed E-state index contributed by atoms with van der Waals surface area (Å²) in [6.45, 7) is 1.94. The van der Waals surface area contributed by atoms with Gasteiger partial charge in [-0.2, -0.15) is 5.26 Å². The second-order valence-corrected chi connectivity index (χ2v) is 2.75. The van der Waals surface area contributed by atoms with Crippen LogP contribution in [0.5, 0.6) is 0 Å². The Morgan fingerprint density at radius 3 is 3.11 bits per heavy atom. The van der Waals surface area contributed by atoms with Crippen LogP contribution in [-0.2, 0) is 6.42 Å². The van der Waals surface area contributed by atoms with Crippen molar-refractivity contribution in [2.45, 2.75) is 13.3 Å². The van der Waals surface area contributed by atoms with Gasteiger partial charge in [-0.3, -0.25) is 0 Å². The average Bonchev–Trinajstić information content (AvgIpc) is 2.17. The number of hydrogen-bond donors (Lipinski definition) is 0. The Labute approximate surface area is 57.8 Å². The van der Waals surface area contributed by atoms with Gasteiger partial charge in [0.05, 0.1) is 23.2 Å². The zero-order valence-corrected chi connectivity index (χ0v) is 5.90. The van der Waals surface area contributed by atoms with Crippen LogP contribution in [0.25, 0.3) is 0 Å². The summed E-state index contributed by atoms with van der Waals surface area (Å²) >= 11 is 1.58. The quantitative estimate of drug-likeness (QED) is 0.590. The van der Waals surface area contributed by atoms with Crippen molar-refractivity contribution in [3.05, 3.63) is 16.1 Å². The third kappa shape index (κ3) is 1.51. The summed E-state index contributed by atoms with van der Waals surface area (Å²) in [6, 6.07) is 2.04. The van der Waals surface area contributed by atoms with Crippen LogP contribution in [0.15, 0.2) is 5.38 Å². The lowest BCUT2D eigenvalue weighted by Gasteiger charge is -1.77. The second-order valence-electron chi connectivity index (χ2n) is 1.69. The summed E-state index contributed by atoms with van der Waals surface area (Å²) in [6.07, 6.45) is 0.435. The molecule has 1 aromatic heterocycles. The van der Waals surface area contributed by atoms with Crippen molar-refractivity contribution in [2.24, 2.45) is 0 Å². The van der Waals surface area contributed by atoms with Crippen LogP contribution in [0.2, 0.25) is 0 Å². The molecular formula is C6H6N2S. The zero-order valence-electron chi connectivity index (χ0n) is 5.09. The van der Waals surface area contributed by atoms with Gasteiger partial charge >= 0.3 is 0 Å². The first-order valence-corrected chi connectivity index (χ1v) is 3.49. The molecule has 0 unspecified atom stereocenters. The van der Waals surface area contributed by atoms with Gasteiger partial charge in [-0.25, -0.2) is 4.98 Å². The molecule has 0 bridgehead atoms. The number of aromatic nitrogens is 1. The molecule has 0 spiro atoms. The second kappa shape index (κ2) is 2.60. The number of rotatable bonds is 1. The monoisotopic (exact) mass is 138 g/mol. The molecule has 0 saturated carbocycles. The lowest BCUT2D eigenvalue weighted by atomic mass is 10.4. The summed E-state index contributed by atoms with van der Waals surface area (Å²) < 4.78 is 0. The predicted molar refractivity (Wildman–Crippen MR) is 36.2 cm³/mol. The highest BCUT2D eigenvalue weighted by atomic mass is 32.1. The number of nitriles is 1. The molecule has 0 fully saturated rings. The molecule has 0 aliphatic rings. The molecule has 2 nitrogen and oxygen atoms in total. The van der Waals surface area contributed by atoms with E-state index < -0.39 is 0 Å². The Bertz CT molecular complexity index is 233. The fourth-order valence-electron chi connectivity index (χ4n) is 0.570. The lowest BCUT2D eigenvalue weighted by molar-refractivity contribution is 1.12. The topological polar surface area (TPSA) is 36.7 Å². The number of aryl methyl sites for hydroxylation is 1. The summed E-state index contributed by atoms with van der Waals surface area (Å²) in [5.74, 6) is 0. The number of thiazole rings is 1. The fourth-order valence-corrected chi connectivity index (χ4v) is 1.18. The van der Waals surface area contributed by atoms with Gasteiger partial charge in [0.1, 0.15) is 0 Å². The molecule has 0 saturated heterocycles. The third-order valence-electron chi connectivity index (χ3n) is 0.927. The SMILES string of the molecule is Cc1nc(CC#N)cs1. The molecule has 3 heteroatoms. The molecule has 0 atom stereocenters. The van der Waals surface area contributed by atoms with Crippen molar-refractivity contribution in [3.8, 4) is 6.07 Å². The van der Waals surface area contributed by atoms with E-state index in [9.17, 15) is 0 Å². The van der Waals surface area contributed by atoms with E-state index >= 15 is 0 Å². The molecule has 46 valence electrons. The Balaban J connectivity index is 2.76. The Morgan fingerprint density at radius 1 is 1.89 bits per heavy atom. The highest BCUT2D eigenvalue weighted by molar-refractivity contribution is 7.09. The molecule has 0 amide bonds. The van der Waals surface area contributed by atoms with Crippen molar-refractivity contribution >= 4 is 11.3 Å². The van der Waals surface area contributed by atoms with E-state index in [4.69, 9.17) is 5.26 Å². The van der Waals surface area contributed by atoms with Crippen molar-refractivity contribution in [1.29, 1.82) is 5.26 Å². The molecular weight excluding hydrogens is 132 g/mol. The van der Waals surface area contributed by atoms with E-state index in [1.54, 1.807) is 11.3 Å². The number of nitrogens with zero attached hydrogens (tertiary/aromatic N) is 2. The van der Waals surface area contributed by atoms with E-state index in [-0.39, 0.29) is 0 Å². The van der Waals surface area contributed by atoms with Crippen molar-refractivity contribution < 1.29 is 0 Å². The van der Waals surface area contributed by atoms with E-state index in [1.165, 1.54) is 0 Å². The van der Waals surface area contributed by atoms with Gasteiger partial charge in [0.25, 0.3) is 0 Å².